The third-order valence-corrected chi connectivity index (χ3v) is 10.5. The number of carbonyl (C=O) groups is 3. The van der Waals surface area contributed by atoms with E-state index >= 15 is 4.79 Å². The predicted molar refractivity (Wildman–Crippen MR) is 188 cm³/mol. The maximum Gasteiger partial charge on any atom is 0.253 e. The maximum atomic E-state index is 15.0. The lowest BCUT2D eigenvalue weighted by Crippen LogP contribution is -2.59. The van der Waals surface area contributed by atoms with Gasteiger partial charge in [-0.1, -0.05) is 56.7 Å². The summed E-state index contributed by atoms with van der Waals surface area (Å²) in [4.78, 5) is 49.6. The molecule has 0 saturated carbocycles. The first-order valence-corrected chi connectivity index (χ1v) is 17.4. The van der Waals surface area contributed by atoms with Crippen molar-refractivity contribution in [1.29, 1.82) is 0 Å². The Morgan fingerprint density at radius 2 is 1.73 bits per heavy atom. The molecule has 3 saturated heterocycles. The van der Waals surface area contributed by atoms with Crippen LogP contribution >= 0.6 is 11.6 Å². The highest BCUT2D eigenvalue weighted by Gasteiger charge is 2.79. The van der Waals surface area contributed by atoms with Crippen LogP contribution in [0.15, 0.2) is 73.8 Å². The molecule has 2 aromatic rings. The Morgan fingerprint density at radius 3 is 2.31 bits per heavy atom. The summed E-state index contributed by atoms with van der Waals surface area (Å²) in [7, 11) is 0. The number of anilines is 2. The van der Waals surface area contributed by atoms with E-state index in [1.165, 1.54) is 4.90 Å². The van der Waals surface area contributed by atoms with Gasteiger partial charge in [0.05, 0.1) is 47.4 Å². The van der Waals surface area contributed by atoms with Crippen LogP contribution in [0.25, 0.3) is 0 Å². The number of ether oxygens (including phenoxy) is 2. The van der Waals surface area contributed by atoms with Crippen LogP contribution in [0.5, 0.6) is 5.75 Å². The number of aliphatic hydroxyl groups excluding tert-OH is 1. The Morgan fingerprint density at radius 1 is 1.06 bits per heavy atom. The minimum absolute atomic E-state index is 0.121. The summed E-state index contributed by atoms with van der Waals surface area (Å²) < 4.78 is 12.7. The van der Waals surface area contributed by atoms with Gasteiger partial charge in [-0.3, -0.25) is 14.4 Å². The summed E-state index contributed by atoms with van der Waals surface area (Å²) in [6.45, 7) is 16.2. The molecule has 0 aliphatic carbocycles. The molecule has 3 amide bonds. The fourth-order valence-electron chi connectivity index (χ4n) is 8.29. The van der Waals surface area contributed by atoms with Gasteiger partial charge in [0, 0.05) is 18.8 Å². The highest BCUT2D eigenvalue weighted by molar-refractivity contribution is 6.34. The maximum absolute atomic E-state index is 15.0. The van der Waals surface area contributed by atoms with Crippen LogP contribution in [0.2, 0.25) is 5.02 Å². The number of aliphatic hydroxyl groups is 1. The molecular formula is C38H48ClN3O6. The molecule has 0 radical (unpaired) electrons. The number of rotatable bonds is 15. The first-order valence-electron chi connectivity index (χ1n) is 17.0. The molecule has 5 rings (SSSR count). The number of likely N-dealkylation sites (tertiary alicyclic amines) is 1. The Bertz CT molecular complexity index is 1530. The third-order valence-electron chi connectivity index (χ3n) is 10.2. The van der Waals surface area contributed by atoms with Crippen LogP contribution in [0, 0.1) is 17.8 Å². The van der Waals surface area contributed by atoms with Crippen molar-refractivity contribution in [2.75, 3.05) is 36.1 Å². The number of carbonyl (C=O) groups excluding carboxylic acids is 3. The van der Waals surface area contributed by atoms with E-state index in [0.717, 1.165) is 0 Å². The van der Waals surface area contributed by atoms with Gasteiger partial charge in [0.15, 0.2) is 0 Å². The molecule has 3 aliphatic rings. The molecule has 48 heavy (non-hydrogen) atoms. The predicted octanol–water partition coefficient (Wildman–Crippen LogP) is 6.04. The second-order valence-corrected chi connectivity index (χ2v) is 13.8. The van der Waals surface area contributed by atoms with E-state index in [-0.39, 0.29) is 43.3 Å². The highest BCUT2D eigenvalue weighted by atomic mass is 35.5. The second-order valence-electron chi connectivity index (χ2n) is 13.4. The van der Waals surface area contributed by atoms with Gasteiger partial charge in [-0.15, -0.1) is 13.2 Å². The summed E-state index contributed by atoms with van der Waals surface area (Å²) in [5.41, 5.74) is -1.11. The molecule has 1 spiro atoms. The van der Waals surface area contributed by atoms with Gasteiger partial charge >= 0.3 is 0 Å². The standard InChI is InChI=1S/C38H48ClN3O6/c1-7-21-40(26-15-17-28(18-16-26)47-10-4)34(44)31-32-35(45)42(27(24-43)23-25(5)6)33(38(32)20-19-37(31,9-3)48-38)36(46)41(22-8-2)30-14-12-11-13-29(30)39/h7-8,11-18,25,27,31-33,43H,1-2,9-10,19-24H2,3-6H3/t27-,31-,32+,33?,37+,38?/m1/s1. The smallest absolute Gasteiger partial charge is 0.253 e. The Balaban J connectivity index is 1.65. The van der Waals surface area contributed by atoms with Crippen LogP contribution in [0.3, 0.4) is 0 Å². The van der Waals surface area contributed by atoms with Crippen LogP contribution < -0.4 is 14.5 Å². The quantitative estimate of drug-likeness (QED) is 0.231. The lowest BCUT2D eigenvalue weighted by Gasteiger charge is -2.40. The molecule has 10 heteroatoms. The zero-order valence-corrected chi connectivity index (χ0v) is 29.2. The Hall–Kier alpha value is -3.66. The van der Waals surface area contributed by atoms with Crippen LogP contribution in [-0.4, -0.2) is 77.3 Å². The average Bonchev–Trinajstić information content (AvgIpc) is 3.69. The summed E-state index contributed by atoms with van der Waals surface area (Å²) >= 11 is 6.63. The fraction of sp³-hybridized carbons (Fsp3) is 0.500. The minimum Gasteiger partial charge on any atom is -0.494 e. The number of halogens is 1. The van der Waals surface area contributed by atoms with E-state index in [1.807, 2.05) is 52.0 Å². The zero-order chi connectivity index (χ0) is 34.8. The fourth-order valence-corrected chi connectivity index (χ4v) is 8.52. The van der Waals surface area contributed by atoms with Crippen molar-refractivity contribution in [3.63, 3.8) is 0 Å². The Labute approximate surface area is 289 Å². The first-order chi connectivity index (χ1) is 23.0. The molecule has 258 valence electrons. The van der Waals surface area contributed by atoms with Crippen molar-refractivity contribution in [3.8, 4) is 5.75 Å². The monoisotopic (exact) mass is 677 g/mol. The summed E-state index contributed by atoms with van der Waals surface area (Å²) in [5, 5.41) is 11.1. The first kappa shape index (κ1) is 35.6. The number of hydrogen-bond donors (Lipinski definition) is 1. The Kier molecular flexibility index (Phi) is 10.7. The van der Waals surface area contributed by atoms with E-state index in [0.29, 0.717) is 54.4 Å². The second kappa shape index (κ2) is 14.4. The van der Waals surface area contributed by atoms with Gasteiger partial charge in [-0.25, -0.2) is 0 Å². The number of hydrogen-bond acceptors (Lipinski definition) is 6. The van der Waals surface area contributed by atoms with Crippen molar-refractivity contribution < 1.29 is 29.0 Å². The summed E-state index contributed by atoms with van der Waals surface area (Å²) in [6, 6.07) is 12.6. The van der Waals surface area contributed by atoms with E-state index in [4.69, 9.17) is 21.1 Å². The number of para-hydroxylation sites is 1. The van der Waals surface area contributed by atoms with Crippen molar-refractivity contribution >= 4 is 40.7 Å². The van der Waals surface area contributed by atoms with Gasteiger partial charge in [0.1, 0.15) is 17.4 Å². The van der Waals surface area contributed by atoms with Crippen LogP contribution in [0.4, 0.5) is 11.4 Å². The minimum atomic E-state index is -1.28. The summed E-state index contributed by atoms with van der Waals surface area (Å²) in [6.07, 6.45) is 5.15. The van der Waals surface area contributed by atoms with E-state index < -0.39 is 35.1 Å². The molecule has 6 atom stereocenters. The SMILES string of the molecule is C=CCN(C(=O)[C@H]1[C@H]2C(=O)N([C@@H](CO)CC(C)C)C(C(=O)N(CC=C)c3ccccc3Cl)C23CC[C@]1(CC)O3)c1ccc(OCC)cc1. The average molecular weight is 678 g/mol. The highest BCUT2D eigenvalue weighted by Crippen LogP contribution is 2.65. The molecule has 0 aromatic heterocycles. The number of benzene rings is 2. The molecule has 9 nitrogen and oxygen atoms in total. The molecule has 1 N–H and O–H groups in total. The molecule has 2 aromatic carbocycles. The molecule has 2 unspecified atom stereocenters. The largest absolute Gasteiger partial charge is 0.494 e. The van der Waals surface area contributed by atoms with E-state index in [1.54, 1.807) is 46.2 Å². The topological polar surface area (TPSA) is 99.6 Å². The number of nitrogens with zero attached hydrogens (tertiary/aromatic N) is 3. The third kappa shape index (κ3) is 5.94. The molecular weight excluding hydrogens is 630 g/mol. The lowest BCUT2D eigenvalue weighted by atomic mass is 9.64. The number of amides is 3. The van der Waals surface area contributed by atoms with E-state index in [2.05, 4.69) is 13.2 Å². The van der Waals surface area contributed by atoms with Gasteiger partial charge in [-0.05, 0) is 74.9 Å². The van der Waals surface area contributed by atoms with Gasteiger partial charge in [-0.2, -0.15) is 0 Å². The molecule has 3 heterocycles. The summed E-state index contributed by atoms with van der Waals surface area (Å²) in [5.74, 6) is -1.96. The number of fused-ring (bicyclic) bond motifs is 1. The normalized spacial score (nSPS) is 26.4. The molecule has 3 aliphatic heterocycles. The van der Waals surface area contributed by atoms with Crippen molar-refractivity contribution in [1.82, 2.24) is 4.90 Å². The van der Waals surface area contributed by atoms with Crippen molar-refractivity contribution in [3.05, 3.63) is 78.9 Å². The zero-order valence-electron chi connectivity index (χ0n) is 28.4. The lowest BCUT2D eigenvalue weighted by molar-refractivity contribution is -0.149. The van der Waals surface area contributed by atoms with E-state index in [9.17, 15) is 14.7 Å². The van der Waals surface area contributed by atoms with Gasteiger partial charge in [0.25, 0.3) is 5.91 Å². The molecule has 3 fully saturated rings. The van der Waals surface area contributed by atoms with Crippen LogP contribution in [0.1, 0.15) is 53.4 Å². The van der Waals surface area contributed by atoms with Gasteiger partial charge in [0.2, 0.25) is 11.8 Å². The van der Waals surface area contributed by atoms with Crippen LogP contribution in [-0.2, 0) is 19.1 Å². The van der Waals surface area contributed by atoms with Gasteiger partial charge < -0.3 is 29.3 Å². The van der Waals surface area contributed by atoms with Crippen molar-refractivity contribution in [2.45, 2.75) is 76.7 Å². The molecule has 2 bridgehead atoms. The van der Waals surface area contributed by atoms with Crippen molar-refractivity contribution in [2.24, 2.45) is 17.8 Å².